The van der Waals surface area contributed by atoms with Gasteiger partial charge in [0.2, 0.25) is 0 Å². The molecule has 2 fully saturated rings. The normalized spacial score (nSPS) is 23.6. The Labute approximate surface area is 121 Å². The van der Waals surface area contributed by atoms with Crippen LogP contribution in [0.2, 0.25) is 0 Å². The Kier molecular flexibility index (Phi) is 4.57. The lowest BCUT2D eigenvalue weighted by molar-refractivity contribution is 0.118. The van der Waals surface area contributed by atoms with Gasteiger partial charge in [0.15, 0.2) is 0 Å². The van der Waals surface area contributed by atoms with Crippen LogP contribution in [0.1, 0.15) is 43.0 Å². The van der Waals surface area contributed by atoms with Gasteiger partial charge in [0, 0.05) is 10.9 Å². The molecule has 0 aromatic carbocycles. The van der Waals surface area contributed by atoms with E-state index in [0.29, 0.717) is 0 Å². The Morgan fingerprint density at radius 3 is 2.68 bits per heavy atom. The van der Waals surface area contributed by atoms with Gasteiger partial charge in [-0.25, -0.2) is 0 Å². The molecule has 106 valence electrons. The number of likely N-dealkylation sites (tertiary alicyclic amines) is 1. The van der Waals surface area contributed by atoms with Gasteiger partial charge in [0.1, 0.15) is 0 Å². The molecule has 2 aliphatic rings. The maximum atomic E-state index is 3.29. The van der Waals surface area contributed by atoms with E-state index in [-0.39, 0.29) is 0 Å². The second-order valence-corrected chi connectivity index (χ2v) is 7.15. The molecule has 0 spiro atoms. The lowest BCUT2D eigenvalue weighted by atomic mass is 9.92. The van der Waals surface area contributed by atoms with E-state index in [2.05, 4.69) is 34.8 Å². The minimum Gasteiger partial charge on any atom is -0.320 e. The summed E-state index contributed by atoms with van der Waals surface area (Å²) in [5.41, 5.74) is 0. The van der Waals surface area contributed by atoms with E-state index in [4.69, 9.17) is 0 Å². The summed E-state index contributed by atoms with van der Waals surface area (Å²) in [7, 11) is 2.06. The van der Waals surface area contributed by atoms with Gasteiger partial charge in [-0.2, -0.15) is 0 Å². The lowest BCUT2D eigenvalue weighted by Crippen LogP contribution is -2.38. The summed E-state index contributed by atoms with van der Waals surface area (Å²) in [6.45, 7) is 3.81. The van der Waals surface area contributed by atoms with E-state index in [1.165, 1.54) is 51.7 Å². The largest absolute Gasteiger partial charge is 0.320 e. The van der Waals surface area contributed by atoms with Crippen molar-refractivity contribution in [3.8, 4) is 0 Å². The van der Waals surface area contributed by atoms with Gasteiger partial charge in [-0.1, -0.05) is 6.07 Å². The number of hydrogen-bond acceptors (Lipinski definition) is 3. The second-order valence-electron chi connectivity index (χ2n) is 6.17. The van der Waals surface area contributed by atoms with Crippen molar-refractivity contribution in [2.24, 2.45) is 11.8 Å². The molecule has 0 amide bonds. The summed E-state index contributed by atoms with van der Waals surface area (Å²) in [6, 6.07) is 5.31. The maximum absolute atomic E-state index is 3.29. The van der Waals surface area contributed by atoms with Crippen LogP contribution < -0.4 is 5.32 Å². The molecule has 1 atom stereocenters. The Morgan fingerprint density at radius 1 is 1.32 bits per heavy atom. The van der Waals surface area contributed by atoms with Gasteiger partial charge in [-0.3, -0.25) is 4.90 Å². The third kappa shape index (κ3) is 3.39. The number of nitrogens with zero attached hydrogens (tertiary/aromatic N) is 1. The average Bonchev–Trinajstić information content (AvgIpc) is 3.13. The van der Waals surface area contributed by atoms with Gasteiger partial charge in [-0.15, -0.1) is 11.3 Å². The number of nitrogens with one attached hydrogen (secondary N) is 1. The molecule has 0 bridgehead atoms. The molecule has 1 saturated heterocycles. The predicted molar refractivity (Wildman–Crippen MR) is 82.6 cm³/mol. The zero-order chi connectivity index (χ0) is 13.1. The Morgan fingerprint density at radius 2 is 2.11 bits per heavy atom. The van der Waals surface area contributed by atoms with Crippen LogP contribution in [-0.4, -0.2) is 31.6 Å². The monoisotopic (exact) mass is 278 g/mol. The highest BCUT2D eigenvalue weighted by molar-refractivity contribution is 7.10. The third-order valence-electron chi connectivity index (χ3n) is 4.75. The zero-order valence-electron chi connectivity index (χ0n) is 12.0. The van der Waals surface area contributed by atoms with Gasteiger partial charge >= 0.3 is 0 Å². The van der Waals surface area contributed by atoms with Gasteiger partial charge in [0.05, 0.1) is 0 Å². The van der Waals surface area contributed by atoms with Crippen molar-refractivity contribution in [3.63, 3.8) is 0 Å². The Hall–Kier alpha value is -0.380. The highest BCUT2D eigenvalue weighted by Gasteiger charge is 2.38. The number of hydrogen-bond donors (Lipinski definition) is 1. The van der Waals surface area contributed by atoms with E-state index >= 15 is 0 Å². The molecule has 1 N–H and O–H groups in total. The molecular formula is C16H26N2S. The Balaban J connectivity index is 1.57. The molecule has 1 aromatic rings. The average molecular weight is 278 g/mol. The fourth-order valence-electron chi connectivity index (χ4n) is 3.45. The molecule has 2 heterocycles. The van der Waals surface area contributed by atoms with Crippen LogP contribution in [0.5, 0.6) is 0 Å². The van der Waals surface area contributed by atoms with Crippen molar-refractivity contribution in [2.75, 3.05) is 26.7 Å². The maximum Gasteiger partial charge on any atom is 0.0469 e. The highest BCUT2D eigenvalue weighted by Crippen LogP contribution is 2.46. The smallest absolute Gasteiger partial charge is 0.0469 e. The first-order chi connectivity index (χ1) is 9.38. The van der Waals surface area contributed by atoms with Crippen LogP contribution in [0.25, 0.3) is 0 Å². The van der Waals surface area contributed by atoms with Crippen molar-refractivity contribution < 1.29 is 0 Å². The SMILES string of the molecule is CNCCC1CCN(C(c2cccs2)C2CC2)CC1. The zero-order valence-corrected chi connectivity index (χ0v) is 12.8. The molecule has 1 unspecified atom stereocenters. The van der Waals surface area contributed by atoms with Crippen LogP contribution in [-0.2, 0) is 0 Å². The molecule has 1 aliphatic heterocycles. The molecule has 19 heavy (non-hydrogen) atoms. The predicted octanol–water partition coefficient (Wildman–Crippen LogP) is 3.52. The summed E-state index contributed by atoms with van der Waals surface area (Å²) in [6.07, 6.45) is 7.05. The van der Waals surface area contributed by atoms with Crippen molar-refractivity contribution in [3.05, 3.63) is 22.4 Å². The lowest BCUT2D eigenvalue weighted by Gasteiger charge is -2.37. The molecule has 3 rings (SSSR count). The van der Waals surface area contributed by atoms with Crippen molar-refractivity contribution in [2.45, 2.75) is 38.1 Å². The molecule has 0 radical (unpaired) electrons. The van der Waals surface area contributed by atoms with Gasteiger partial charge in [0.25, 0.3) is 0 Å². The topological polar surface area (TPSA) is 15.3 Å². The fourth-order valence-corrected chi connectivity index (χ4v) is 4.40. The summed E-state index contributed by atoms with van der Waals surface area (Å²) < 4.78 is 0. The third-order valence-corrected chi connectivity index (χ3v) is 5.69. The number of piperidine rings is 1. The summed E-state index contributed by atoms with van der Waals surface area (Å²) in [5, 5.41) is 5.53. The summed E-state index contributed by atoms with van der Waals surface area (Å²) in [5.74, 6) is 1.90. The van der Waals surface area contributed by atoms with Crippen LogP contribution >= 0.6 is 11.3 Å². The standard InChI is InChI=1S/C16H26N2S/c1-17-9-6-13-7-10-18(11-8-13)16(14-4-5-14)15-3-2-12-19-15/h2-3,12-14,16-17H,4-11H2,1H3. The molecule has 1 saturated carbocycles. The Bertz CT molecular complexity index is 364. The minimum atomic E-state index is 0.741. The van der Waals surface area contributed by atoms with Crippen molar-refractivity contribution in [1.82, 2.24) is 10.2 Å². The van der Waals surface area contributed by atoms with E-state index < -0.39 is 0 Å². The fraction of sp³-hybridized carbons (Fsp3) is 0.750. The van der Waals surface area contributed by atoms with Gasteiger partial charge in [-0.05, 0) is 82.1 Å². The quantitative estimate of drug-likeness (QED) is 0.856. The van der Waals surface area contributed by atoms with Crippen molar-refractivity contribution in [1.29, 1.82) is 0 Å². The van der Waals surface area contributed by atoms with Crippen LogP contribution in [0.15, 0.2) is 17.5 Å². The summed E-state index contributed by atoms with van der Waals surface area (Å²) >= 11 is 1.96. The highest BCUT2D eigenvalue weighted by atomic mass is 32.1. The first-order valence-electron chi connectivity index (χ1n) is 7.80. The molecule has 3 heteroatoms. The minimum absolute atomic E-state index is 0.741. The molecule has 2 nitrogen and oxygen atoms in total. The molecule has 1 aliphatic carbocycles. The second kappa shape index (κ2) is 6.38. The molecule has 1 aromatic heterocycles. The van der Waals surface area contributed by atoms with Crippen LogP contribution in [0.4, 0.5) is 0 Å². The first kappa shape index (κ1) is 13.6. The number of thiophene rings is 1. The van der Waals surface area contributed by atoms with E-state index in [1.54, 1.807) is 4.88 Å². The van der Waals surface area contributed by atoms with Crippen molar-refractivity contribution >= 4 is 11.3 Å². The van der Waals surface area contributed by atoms with E-state index in [1.807, 2.05) is 11.3 Å². The van der Waals surface area contributed by atoms with Crippen LogP contribution in [0.3, 0.4) is 0 Å². The van der Waals surface area contributed by atoms with Gasteiger partial charge < -0.3 is 5.32 Å². The van der Waals surface area contributed by atoms with E-state index in [9.17, 15) is 0 Å². The summed E-state index contributed by atoms with van der Waals surface area (Å²) in [4.78, 5) is 4.38. The molecular weight excluding hydrogens is 252 g/mol. The van der Waals surface area contributed by atoms with E-state index in [0.717, 1.165) is 17.9 Å². The number of rotatable bonds is 6. The first-order valence-corrected chi connectivity index (χ1v) is 8.68. The van der Waals surface area contributed by atoms with Crippen LogP contribution in [0, 0.1) is 11.8 Å².